The first kappa shape index (κ1) is 17.1. The van der Waals surface area contributed by atoms with Gasteiger partial charge in [-0.15, -0.1) is 0 Å². The Bertz CT molecular complexity index is 419. The highest BCUT2D eigenvalue weighted by atomic mass is 16.6. The monoisotopic (exact) mass is 312 g/mol. The van der Waals surface area contributed by atoms with Gasteiger partial charge in [0.1, 0.15) is 5.60 Å². The number of hydrogen-bond acceptors (Lipinski definition) is 4. The van der Waals surface area contributed by atoms with Crippen molar-refractivity contribution in [2.75, 3.05) is 32.7 Å². The minimum absolute atomic E-state index is 0.239. The fourth-order valence-corrected chi connectivity index (χ4v) is 3.26. The standard InChI is InChI=1S/C16H28N2O4/c1-16(2,3)22-15(21)18-8-6-12(10-18)9-17-7-4-5-13(11-17)14(19)20/h12-13H,4-11H2,1-3H3,(H,19,20). The summed E-state index contributed by atoms with van der Waals surface area (Å²) in [6.07, 6.45) is 2.45. The Morgan fingerprint density at radius 3 is 2.55 bits per heavy atom. The molecule has 22 heavy (non-hydrogen) atoms. The van der Waals surface area contributed by atoms with Crippen LogP contribution in [0.15, 0.2) is 0 Å². The van der Waals surface area contributed by atoms with Gasteiger partial charge in [0.2, 0.25) is 0 Å². The number of ether oxygens (including phenoxy) is 1. The topological polar surface area (TPSA) is 70.1 Å². The van der Waals surface area contributed by atoms with Crippen LogP contribution < -0.4 is 0 Å². The van der Waals surface area contributed by atoms with E-state index in [0.717, 1.165) is 38.9 Å². The molecule has 126 valence electrons. The minimum atomic E-state index is -0.688. The van der Waals surface area contributed by atoms with Gasteiger partial charge in [-0.2, -0.15) is 0 Å². The first-order valence-corrected chi connectivity index (χ1v) is 8.17. The summed E-state index contributed by atoms with van der Waals surface area (Å²) in [6.45, 7) is 9.54. The zero-order valence-corrected chi connectivity index (χ0v) is 13.9. The molecule has 2 aliphatic rings. The van der Waals surface area contributed by atoms with E-state index in [1.807, 2.05) is 20.8 Å². The molecule has 0 saturated carbocycles. The van der Waals surface area contributed by atoms with Crippen molar-refractivity contribution in [3.8, 4) is 0 Å². The molecule has 2 aliphatic heterocycles. The highest BCUT2D eigenvalue weighted by Crippen LogP contribution is 2.23. The Hall–Kier alpha value is -1.30. The minimum Gasteiger partial charge on any atom is -0.481 e. The Morgan fingerprint density at radius 1 is 1.18 bits per heavy atom. The molecule has 0 aliphatic carbocycles. The lowest BCUT2D eigenvalue weighted by Gasteiger charge is -2.32. The van der Waals surface area contributed by atoms with E-state index < -0.39 is 11.6 Å². The third kappa shape index (κ3) is 4.87. The van der Waals surface area contributed by atoms with Crippen molar-refractivity contribution in [3.05, 3.63) is 0 Å². The lowest BCUT2D eigenvalue weighted by molar-refractivity contribution is -0.143. The number of aliphatic carboxylic acids is 1. The van der Waals surface area contributed by atoms with Crippen LogP contribution in [0.5, 0.6) is 0 Å². The van der Waals surface area contributed by atoms with Crippen molar-refractivity contribution in [1.82, 2.24) is 9.80 Å². The Labute approximate surface area is 132 Å². The molecule has 2 fully saturated rings. The van der Waals surface area contributed by atoms with Gasteiger partial charge in [-0.05, 0) is 52.5 Å². The highest BCUT2D eigenvalue weighted by molar-refractivity contribution is 5.70. The Balaban J connectivity index is 1.79. The maximum absolute atomic E-state index is 12.1. The molecule has 0 aromatic carbocycles. The van der Waals surface area contributed by atoms with Crippen molar-refractivity contribution in [2.45, 2.75) is 45.6 Å². The van der Waals surface area contributed by atoms with E-state index in [2.05, 4.69) is 4.90 Å². The molecule has 2 rings (SSSR count). The van der Waals surface area contributed by atoms with Crippen LogP contribution in [0.3, 0.4) is 0 Å². The van der Waals surface area contributed by atoms with Gasteiger partial charge in [0, 0.05) is 26.2 Å². The first-order valence-electron chi connectivity index (χ1n) is 8.17. The fourth-order valence-electron chi connectivity index (χ4n) is 3.26. The average molecular weight is 312 g/mol. The molecule has 1 amide bonds. The third-order valence-electron chi connectivity index (χ3n) is 4.31. The van der Waals surface area contributed by atoms with Crippen LogP contribution in [-0.2, 0) is 9.53 Å². The molecule has 2 atom stereocenters. The van der Waals surface area contributed by atoms with Crippen LogP contribution >= 0.6 is 0 Å². The summed E-state index contributed by atoms with van der Waals surface area (Å²) < 4.78 is 5.40. The molecule has 0 aromatic rings. The third-order valence-corrected chi connectivity index (χ3v) is 4.31. The largest absolute Gasteiger partial charge is 0.481 e. The fraction of sp³-hybridized carbons (Fsp3) is 0.875. The van der Waals surface area contributed by atoms with Gasteiger partial charge < -0.3 is 19.6 Å². The molecule has 0 bridgehead atoms. The molecule has 6 nitrogen and oxygen atoms in total. The van der Waals surface area contributed by atoms with Crippen LogP contribution in [0.4, 0.5) is 4.79 Å². The van der Waals surface area contributed by atoms with E-state index in [1.165, 1.54) is 0 Å². The predicted molar refractivity (Wildman–Crippen MR) is 82.7 cm³/mol. The zero-order chi connectivity index (χ0) is 16.3. The molecule has 0 aromatic heterocycles. The summed E-state index contributed by atoms with van der Waals surface area (Å²) in [5, 5.41) is 9.14. The van der Waals surface area contributed by atoms with E-state index in [-0.39, 0.29) is 12.0 Å². The SMILES string of the molecule is CC(C)(C)OC(=O)N1CCC(CN2CCCC(C(=O)O)C2)C1. The second kappa shape index (κ2) is 6.86. The van der Waals surface area contributed by atoms with Crippen molar-refractivity contribution in [1.29, 1.82) is 0 Å². The van der Waals surface area contributed by atoms with E-state index >= 15 is 0 Å². The number of rotatable bonds is 3. The van der Waals surface area contributed by atoms with Gasteiger partial charge in [-0.3, -0.25) is 4.79 Å². The van der Waals surface area contributed by atoms with Gasteiger partial charge >= 0.3 is 12.1 Å². The number of carbonyl (C=O) groups is 2. The molecular weight excluding hydrogens is 284 g/mol. The van der Waals surface area contributed by atoms with Crippen molar-refractivity contribution >= 4 is 12.1 Å². The molecule has 1 N–H and O–H groups in total. The van der Waals surface area contributed by atoms with Gasteiger partial charge in [0.25, 0.3) is 0 Å². The molecule has 2 unspecified atom stereocenters. The quantitative estimate of drug-likeness (QED) is 0.863. The van der Waals surface area contributed by atoms with Gasteiger partial charge in [0.15, 0.2) is 0 Å². The van der Waals surface area contributed by atoms with E-state index in [9.17, 15) is 9.59 Å². The van der Waals surface area contributed by atoms with Gasteiger partial charge in [0.05, 0.1) is 5.92 Å². The van der Waals surface area contributed by atoms with Crippen LogP contribution in [0.1, 0.15) is 40.0 Å². The van der Waals surface area contributed by atoms with Crippen molar-refractivity contribution < 1.29 is 19.4 Å². The molecule has 2 saturated heterocycles. The van der Waals surface area contributed by atoms with E-state index in [0.29, 0.717) is 19.0 Å². The first-order chi connectivity index (χ1) is 10.2. The lowest BCUT2D eigenvalue weighted by Crippen LogP contribution is -2.42. The summed E-state index contributed by atoms with van der Waals surface area (Å²) in [6, 6.07) is 0. The maximum atomic E-state index is 12.1. The average Bonchev–Trinajstić information content (AvgIpc) is 2.85. The number of hydrogen-bond donors (Lipinski definition) is 1. The summed E-state index contributed by atoms with van der Waals surface area (Å²) in [4.78, 5) is 27.2. The van der Waals surface area contributed by atoms with Crippen molar-refractivity contribution in [3.63, 3.8) is 0 Å². The van der Waals surface area contributed by atoms with Crippen molar-refractivity contribution in [2.24, 2.45) is 11.8 Å². The Morgan fingerprint density at radius 2 is 1.91 bits per heavy atom. The predicted octanol–water partition coefficient (Wildman–Crippen LogP) is 2.04. The van der Waals surface area contributed by atoms with Crippen LogP contribution in [0.2, 0.25) is 0 Å². The number of nitrogens with zero attached hydrogens (tertiary/aromatic N) is 2. The van der Waals surface area contributed by atoms with Crippen LogP contribution in [-0.4, -0.2) is 65.3 Å². The molecule has 6 heteroatoms. The van der Waals surface area contributed by atoms with Gasteiger partial charge in [-0.25, -0.2) is 4.79 Å². The second-order valence-electron chi connectivity index (χ2n) is 7.52. The number of likely N-dealkylation sites (tertiary alicyclic amines) is 2. The highest BCUT2D eigenvalue weighted by Gasteiger charge is 2.32. The van der Waals surface area contributed by atoms with Crippen LogP contribution in [0.25, 0.3) is 0 Å². The van der Waals surface area contributed by atoms with Crippen LogP contribution in [0, 0.1) is 11.8 Å². The van der Waals surface area contributed by atoms with Gasteiger partial charge in [-0.1, -0.05) is 0 Å². The maximum Gasteiger partial charge on any atom is 0.410 e. The summed E-state index contributed by atoms with van der Waals surface area (Å²) in [5.74, 6) is -0.510. The second-order valence-corrected chi connectivity index (χ2v) is 7.52. The normalized spacial score (nSPS) is 27.0. The molecule has 2 heterocycles. The number of carboxylic acids is 1. The Kier molecular flexibility index (Phi) is 5.32. The number of piperidine rings is 1. The smallest absolute Gasteiger partial charge is 0.410 e. The number of carboxylic acid groups (broad SMARTS) is 1. The van der Waals surface area contributed by atoms with E-state index in [1.54, 1.807) is 4.90 Å². The number of carbonyl (C=O) groups excluding carboxylic acids is 1. The summed E-state index contributed by atoms with van der Waals surface area (Å²) in [5.41, 5.74) is -0.462. The summed E-state index contributed by atoms with van der Waals surface area (Å²) in [7, 11) is 0. The van der Waals surface area contributed by atoms with E-state index in [4.69, 9.17) is 9.84 Å². The lowest BCUT2D eigenvalue weighted by atomic mass is 9.97. The molecule has 0 radical (unpaired) electrons. The number of amides is 1. The zero-order valence-electron chi connectivity index (χ0n) is 13.9. The molecule has 0 spiro atoms. The molecular formula is C16H28N2O4. The summed E-state index contributed by atoms with van der Waals surface area (Å²) >= 11 is 0.